The van der Waals surface area contributed by atoms with Crippen molar-refractivity contribution in [3.8, 4) is 22.4 Å². The highest BCUT2D eigenvalue weighted by Crippen LogP contribution is 2.39. The van der Waals surface area contributed by atoms with Gasteiger partial charge in [-0.25, -0.2) is 13.8 Å². The molecule has 294 valence electrons. The van der Waals surface area contributed by atoms with Gasteiger partial charge in [0.05, 0.1) is 35.6 Å². The van der Waals surface area contributed by atoms with Crippen molar-refractivity contribution in [3.63, 3.8) is 0 Å². The molecule has 4 heterocycles. The van der Waals surface area contributed by atoms with Crippen LogP contribution in [0.4, 0.5) is 36.4 Å². The van der Waals surface area contributed by atoms with Crippen LogP contribution in [0.25, 0.3) is 22.4 Å². The summed E-state index contributed by atoms with van der Waals surface area (Å²) in [6.07, 6.45) is -1.71. The maximum Gasteiger partial charge on any atom is 0.435 e. The molecule has 55 heavy (non-hydrogen) atoms. The second kappa shape index (κ2) is 16.4. The van der Waals surface area contributed by atoms with Crippen LogP contribution in [0, 0.1) is 17.6 Å². The number of anilines is 1. The molecule has 20 heteroatoms. The zero-order chi connectivity index (χ0) is 39.6. The van der Waals surface area contributed by atoms with Crippen LogP contribution in [-0.2, 0) is 29.3 Å². The first-order valence-electron chi connectivity index (χ1n) is 17.1. The average Bonchev–Trinajstić information content (AvgIpc) is 3.76. The molecule has 0 saturated carbocycles. The van der Waals surface area contributed by atoms with Crippen LogP contribution < -0.4 is 10.6 Å². The maximum absolute atomic E-state index is 15.5. The van der Waals surface area contributed by atoms with Crippen molar-refractivity contribution in [1.82, 2.24) is 34.4 Å². The summed E-state index contributed by atoms with van der Waals surface area (Å²) in [5, 5.41) is 9.19. The van der Waals surface area contributed by atoms with Crippen LogP contribution in [0.1, 0.15) is 39.5 Å². The van der Waals surface area contributed by atoms with E-state index in [0.717, 1.165) is 55.0 Å². The molecule has 4 aromatic rings. The van der Waals surface area contributed by atoms with Crippen molar-refractivity contribution in [2.24, 2.45) is 13.0 Å². The Morgan fingerprint density at radius 2 is 1.64 bits per heavy atom. The number of carbonyl (C=O) groups is 3. The molecule has 3 amide bonds. The van der Waals surface area contributed by atoms with Gasteiger partial charge in [0.2, 0.25) is 5.91 Å². The molecular formula is C35H34ClF7N8O4. The fourth-order valence-electron chi connectivity index (χ4n) is 6.58. The van der Waals surface area contributed by atoms with E-state index in [4.69, 9.17) is 11.6 Å². The lowest BCUT2D eigenvalue weighted by Crippen LogP contribution is -2.52. The van der Waals surface area contributed by atoms with Gasteiger partial charge >= 0.3 is 12.8 Å². The number of nitrogens with one attached hydrogen (secondary N) is 2. The Labute approximate surface area is 314 Å². The first-order chi connectivity index (χ1) is 26.1. The van der Waals surface area contributed by atoms with Crippen molar-refractivity contribution in [1.29, 1.82) is 0 Å². The minimum absolute atomic E-state index is 0.0196. The molecule has 0 atom stereocenters. The standard InChI is InChI=1S/C35H34ClF7N8O4/c1-48-26(23-5-4-21(27(37)28(23)38)24-18-51(14-15-55-34(39)40)47-29(24)35(41,42)43)17-45-30(48)31(52)46-20-2-3-22(25(36)16-20)33(54)50-12-10-49(11-13-50)32(53)19-6-8-44-9-7-19/h2-5,16-19,34,44H,6-15H2,1H3,(H,46,52). The molecule has 2 fully saturated rings. The van der Waals surface area contributed by atoms with E-state index in [2.05, 4.69) is 25.5 Å². The number of carbonyl (C=O) groups excluding carboxylic acids is 3. The Kier molecular flexibility index (Phi) is 11.8. The third kappa shape index (κ3) is 8.63. The van der Waals surface area contributed by atoms with E-state index in [0.29, 0.717) is 30.9 Å². The summed E-state index contributed by atoms with van der Waals surface area (Å²) in [5.74, 6) is -4.49. The molecule has 0 radical (unpaired) electrons. The lowest BCUT2D eigenvalue weighted by atomic mass is 9.96. The van der Waals surface area contributed by atoms with Gasteiger partial charge in [-0.15, -0.1) is 0 Å². The van der Waals surface area contributed by atoms with Gasteiger partial charge in [-0.3, -0.25) is 19.1 Å². The fraction of sp³-hybridized carbons (Fsp3) is 0.400. The predicted octanol–water partition coefficient (Wildman–Crippen LogP) is 5.68. The quantitative estimate of drug-likeness (QED) is 0.198. The monoisotopic (exact) mass is 798 g/mol. The second-order valence-corrected chi connectivity index (χ2v) is 13.3. The Morgan fingerprint density at radius 3 is 2.29 bits per heavy atom. The summed E-state index contributed by atoms with van der Waals surface area (Å²) in [7, 11) is 1.34. The number of benzene rings is 2. The molecule has 2 saturated heterocycles. The van der Waals surface area contributed by atoms with Crippen molar-refractivity contribution >= 4 is 35.0 Å². The van der Waals surface area contributed by atoms with Crippen molar-refractivity contribution in [3.05, 3.63) is 76.5 Å². The van der Waals surface area contributed by atoms with Gasteiger partial charge < -0.3 is 29.7 Å². The summed E-state index contributed by atoms with van der Waals surface area (Å²) in [5.41, 5.74) is -3.33. The molecule has 6 rings (SSSR count). The van der Waals surface area contributed by atoms with E-state index >= 15 is 8.78 Å². The van der Waals surface area contributed by atoms with Crippen LogP contribution in [0.5, 0.6) is 0 Å². The molecule has 0 bridgehead atoms. The number of nitrogens with zero attached hydrogens (tertiary/aromatic N) is 6. The smallest absolute Gasteiger partial charge is 0.339 e. The van der Waals surface area contributed by atoms with Crippen molar-refractivity contribution in [2.75, 3.05) is 51.2 Å². The maximum atomic E-state index is 15.5. The van der Waals surface area contributed by atoms with Gasteiger partial charge in [-0.1, -0.05) is 17.7 Å². The average molecular weight is 799 g/mol. The minimum atomic E-state index is -5.10. The normalized spacial score (nSPS) is 15.5. The molecular weight excluding hydrogens is 765 g/mol. The highest BCUT2D eigenvalue weighted by Gasteiger charge is 2.39. The zero-order valence-electron chi connectivity index (χ0n) is 29.1. The number of hydrogen-bond acceptors (Lipinski definition) is 7. The van der Waals surface area contributed by atoms with E-state index in [-0.39, 0.29) is 45.5 Å². The third-order valence-corrected chi connectivity index (χ3v) is 9.77. The predicted molar refractivity (Wildman–Crippen MR) is 184 cm³/mol. The summed E-state index contributed by atoms with van der Waals surface area (Å²) in [4.78, 5) is 46.8. The van der Waals surface area contributed by atoms with Crippen molar-refractivity contribution < 1.29 is 49.9 Å². The van der Waals surface area contributed by atoms with E-state index < -0.39 is 65.9 Å². The van der Waals surface area contributed by atoms with E-state index in [9.17, 15) is 36.3 Å². The molecule has 2 N–H and O–H groups in total. The molecule has 2 aliphatic rings. The van der Waals surface area contributed by atoms with Gasteiger partial charge in [-0.2, -0.15) is 27.1 Å². The van der Waals surface area contributed by atoms with Crippen LogP contribution in [0.2, 0.25) is 5.02 Å². The Hall–Kier alpha value is -5.01. The molecule has 2 aliphatic heterocycles. The lowest BCUT2D eigenvalue weighted by Gasteiger charge is -2.37. The summed E-state index contributed by atoms with van der Waals surface area (Å²) >= 11 is 6.46. The van der Waals surface area contributed by atoms with E-state index in [1.165, 1.54) is 25.2 Å². The van der Waals surface area contributed by atoms with Gasteiger partial charge in [0.1, 0.15) is 0 Å². The number of ether oxygens (including phenoxy) is 1. The summed E-state index contributed by atoms with van der Waals surface area (Å²) < 4.78 is 103. The van der Waals surface area contributed by atoms with Gasteiger partial charge in [0.25, 0.3) is 11.8 Å². The zero-order valence-corrected chi connectivity index (χ0v) is 29.9. The molecule has 2 aromatic heterocycles. The molecule has 0 unspecified atom stereocenters. The number of halogens is 8. The number of imidazole rings is 1. The van der Waals surface area contributed by atoms with Crippen LogP contribution in [0.3, 0.4) is 0 Å². The van der Waals surface area contributed by atoms with E-state index in [1.807, 2.05) is 0 Å². The van der Waals surface area contributed by atoms with E-state index in [1.54, 1.807) is 9.80 Å². The van der Waals surface area contributed by atoms with Gasteiger partial charge in [0, 0.05) is 67.7 Å². The first kappa shape index (κ1) is 39.7. The molecule has 0 aliphatic carbocycles. The Morgan fingerprint density at radius 1 is 0.982 bits per heavy atom. The molecule has 2 aromatic carbocycles. The van der Waals surface area contributed by atoms with Gasteiger partial charge in [-0.05, 0) is 50.2 Å². The fourth-order valence-corrected chi connectivity index (χ4v) is 6.85. The number of hydrogen-bond donors (Lipinski definition) is 2. The highest BCUT2D eigenvalue weighted by atomic mass is 35.5. The van der Waals surface area contributed by atoms with Crippen LogP contribution >= 0.6 is 11.6 Å². The van der Waals surface area contributed by atoms with Crippen LogP contribution in [-0.4, -0.2) is 99.3 Å². The first-order valence-corrected chi connectivity index (χ1v) is 17.5. The number of amides is 3. The molecule has 0 spiro atoms. The summed E-state index contributed by atoms with van der Waals surface area (Å²) in [6, 6.07) is 6.17. The second-order valence-electron chi connectivity index (χ2n) is 12.9. The number of alkyl halides is 5. The summed E-state index contributed by atoms with van der Waals surface area (Å²) in [6.45, 7) is -1.31. The van der Waals surface area contributed by atoms with Gasteiger partial charge in [0.15, 0.2) is 23.2 Å². The number of aromatic nitrogens is 4. The number of rotatable bonds is 10. The Balaban J connectivity index is 1.13. The van der Waals surface area contributed by atoms with Crippen LogP contribution in [0.15, 0.2) is 42.7 Å². The molecule has 12 nitrogen and oxygen atoms in total. The number of piperidine rings is 1. The minimum Gasteiger partial charge on any atom is -0.339 e. The topological polar surface area (TPSA) is 127 Å². The third-order valence-electron chi connectivity index (χ3n) is 9.46. The Bertz CT molecular complexity index is 2080. The SMILES string of the molecule is Cn1c(-c2ccc(-c3cn(CCOC(F)F)nc3C(F)(F)F)c(F)c2F)cnc1C(=O)Nc1ccc(C(=O)N2CCN(C(=O)C3CCNCC3)CC2)c(Cl)c1. The highest BCUT2D eigenvalue weighted by molar-refractivity contribution is 6.34. The largest absolute Gasteiger partial charge is 0.435 e. The lowest BCUT2D eigenvalue weighted by molar-refractivity contribution is -0.142. The van der Waals surface area contributed by atoms with Crippen molar-refractivity contribution in [2.45, 2.75) is 32.2 Å². The number of piperazine rings is 1.